The first-order chi connectivity index (χ1) is 14.7. The second kappa shape index (κ2) is 9.22. The number of sulfonamides is 1. The summed E-state index contributed by atoms with van der Waals surface area (Å²) in [6.45, 7) is 5.09. The third-order valence-corrected chi connectivity index (χ3v) is 6.75. The van der Waals surface area contributed by atoms with E-state index in [1.807, 2.05) is 19.9 Å². The maximum Gasteiger partial charge on any atom is 0.278 e. The zero-order valence-corrected chi connectivity index (χ0v) is 18.8. The van der Waals surface area contributed by atoms with Gasteiger partial charge in [-0.2, -0.15) is 4.31 Å². The molecule has 0 saturated heterocycles. The molecule has 0 radical (unpaired) electrons. The van der Waals surface area contributed by atoms with Gasteiger partial charge < -0.3 is 9.47 Å². The lowest BCUT2D eigenvalue weighted by atomic mass is 10.1. The Balaban J connectivity index is 1.97. The van der Waals surface area contributed by atoms with Crippen LogP contribution in [0.15, 0.2) is 71.6 Å². The lowest BCUT2D eigenvalue weighted by molar-refractivity contribution is -0.119. The van der Waals surface area contributed by atoms with Crippen molar-refractivity contribution in [2.75, 3.05) is 18.0 Å². The zero-order chi connectivity index (χ0) is 22.6. The van der Waals surface area contributed by atoms with Gasteiger partial charge in [0.05, 0.1) is 17.7 Å². The van der Waals surface area contributed by atoms with Crippen LogP contribution in [0.2, 0.25) is 0 Å². The summed E-state index contributed by atoms with van der Waals surface area (Å²) in [5, 5.41) is 0. The van der Waals surface area contributed by atoms with Gasteiger partial charge in [-0.3, -0.25) is 4.79 Å². The normalized spacial score (nSPS) is 11.1. The topological polar surface area (TPSA) is 72.9 Å². The molecule has 0 heterocycles. The van der Waals surface area contributed by atoms with E-state index < -0.39 is 22.5 Å². The molecule has 0 aliphatic rings. The van der Waals surface area contributed by atoms with Crippen LogP contribution in [0, 0.1) is 20.8 Å². The van der Waals surface area contributed by atoms with Crippen LogP contribution in [-0.2, 0) is 14.8 Å². The molecular formula is C24H25NO5S. The molecule has 0 spiro atoms. The molecule has 0 atom stereocenters. The van der Waals surface area contributed by atoms with E-state index in [-0.39, 0.29) is 4.90 Å². The number of methoxy groups -OCH3 is 1. The summed E-state index contributed by atoms with van der Waals surface area (Å²) in [4.78, 5) is 13.2. The molecule has 3 aromatic carbocycles. The number of amides is 1. The van der Waals surface area contributed by atoms with Crippen molar-refractivity contribution in [2.45, 2.75) is 25.7 Å². The van der Waals surface area contributed by atoms with Crippen molar-refractivity contribution in [3.05, 3.63) is 83.4 Å². The van der Waals surface area contributed by atoms with Gasteiger partial charge in [0.2, 0.25) is 0 Å². The monoisotopic (exact) mass is 439 g/mol. The SMILES string of the molecule is COc1ccc(OCC(=O)N(c2cccc(C)c2C)S(=O)(=O)c2ccc(C)cc2)cc1. The molecule has 0 fully saturated rings. The van der Waals surface area contributed by atoms with Crippen LogP contribution in [0.25, 0.3) is 0 Å². The third-order valence-electron chi connectivity index (χ3n) is 5.00. The van der Waals surface area contributed by atoms with E-state index in [1.165, 1.54) is 12.1 Å². The number of nitrogens with zero attached hydrogens (tertiary/aromatic N) is 1. The molecule has 6 nitrogen and oxygen atoms in total. The number of carbonyl (C=O) groups is 1. The van der Waals surface area contributed by atoms with Crippen molar-refractivity contribution >= 4 is 21.6 Å². The summed E-state index contributed by atoms with van der Waals surface area (Å²) in [5.74, 6) is 0.394. The van der Waals surface area contributed by atoms with E-state index in [0.29, 0.717) is 22.7 Å². The summed E-state index contributed by atoms with van der Waals surface area (Å²) in [6, 6.07) is 18.3. The summed E-state index contributed by atoms with van der Waals surface area (Å²) in [7, 11) is -2.59. The first kappa shape index (κ1) is 22.4. The van der Waals surface area contributed by atoms with E-state index in [0.717, 1.165) is 15.4 Å². The second-order valence-electron chi connectivity index (χ2n) is 7.16. The van der Waals surface area contributed by atoms with Gasteiger partial charge in [0.15, 0.2) is 6.61 Å². The van der Waals surface area contributed by atoms with Crippen molar-refractivity contribution in [3.63, 3.8) is 0 Å². The zero-order valence-electron chi connectivity index (χ0n) is 18.0. The Bertz CT molecular complexity index is 1170. The third kappa shape index (κ3) is 4.88. The fraction of sp³-hybridized carbons (Fsp3) is 0.208. The molecule has 0 aliphatic carbocycles. The van der Waals surface area contributed by atoms with E-state index >= 15 is 0 Å². The molecule has 3 rings (SSSR count). The molecule has 0 aliphatic heterocycles. The number of hydrogen-bond acceptors (Lipinski definition) is 5. The van der Waals surface area contributed by atoms with Crippen molar-refractivity contribution in [1.82, 2.24) is 0 Å². The molecule has 0 bridgehead atoms. The summed E-state index contributed by atoms with van der Waals surface area (Å²) < 4.78 is 38.5. The second-order valence-corrected chi connectivity index (χ2v) is 8.95. The highest BCUT2D eigenvalue weighted by Gasteiger charge is 2.32. The molecule has 1 amide bonds. The summed E-state index contributed by atoms with van der Waals surface area (Å²) in [5.41, 5.74) is 2.82. The minimum absolute atomic E-state index is 0.0387. The van der Waals surface area contributed by atoms with Crippen LogP contribution in [0.1, 0.15) is 16.7 Å². The highest BCUT2D eigenvalue weighted by atomic mass is 32.2. The van der Waals surface area contributed by atoms with Gasteiger partial charge in [0, 0.05) is 0 Å². The fourth-order valence-corrected chi connectivity index (χ4v) is 4.51. The van der Waals surface area contributed by atoms with Gasteiger partial charge in [0.1, 0.15) is 11.5 Å². The molecule has 7 heteroatoms. The Morgan fingerprint density at radius 1 is 0.871 bits per heavy atom. The highest BCUT2D eigenvalue weighted by molar-refractivity contribution is 7.93. The molecular weight excluding hydrogens is 414 g/mol. The molecule has 0 aromatic heterocycles. The maximum atomic E-state index is 13.5. The number of ether oxygens (including phenoxy) is 2. The molecule has 0 unspecified atom stereocenters. The smallest absolute Gasteiger partial charge is 0.278 e. The van der Waals surface area contributed by atoms with E-state index in [2.05, 4.69) is 0 Å². The minimum atomic E-state index is -4.14. The first-order valence-electron chi connectivity index (χ1n) is 9.72. The Morgan fingerprint density at radius 2 is 1.48 bits per heavy atom. The van der Waals surface area contributed by atoms with Gasteiger partial charge in [-0.1, -0.05) is 29.8 Å². The average Bonchev–Trinajstić information content (AvgIpc) is 2.76. The first-order valence-corrected chi connectivity index (χ1v) is 11.2. The van der Waals surface area contributed by atoms with Gasteiger partial charge >= 0.3 is 0 Å². The number of benzene rings is 3. The van der Waals surface area contributed by atoms with Gasteiger partial charge in [-0.15, -0.1) is 0 Å². The van der Waals surface area contributed by atoms with Crippen LogP contribution >= 0.6 is 0 Å². The number of anilines is 1. The Labute approximate surface area is 183 Å². The molecule has 0 N–H and O–H groups in total. The number of hydrogen-bond donors (Lipinski definition) is 0. The van der Waals surface area contributed by atoms with Crippen LogP contribution in [0.3, 0.4) is 0 Å². The van der Waals surface area contributed by atoms with Gasteiger partial charge in [-0.05, 0) is 74.4 Å². The Morgan fingerprint density at radius 3 is 2.10 bits per heavy atom. The number of carbonyl (C=O) groups excluding carboxylic acids is 1. The number of rotatable bonds is 7. The van der Waals surface area contributed by atoms with E-state index in [9.17, 15) is 13.2 Å². The average molecular weight is 440 g/mol. The molecule has 31 heavy (non-hydrogen) atoms. The van der Waals surface area contributed by atoms with Crippen molar-refractivity contribution < 1.29 is 22.7 Å². The van der Waals surface area contributed by atoms with Crippen LogP contribution in [0.4, 0.5) is 5.69 Å². The van der Waals surface area contributed by atoms with Crippen LogP contribution in [0.5, 0.6) is 11.5 Å². The molecule has 3 aromatic rings. The minimum Gasteiger partial charge on any atom is -0.497 e. The van der Waals surface area contributed by atoms with E-state index in [4.69, 9.17) is 9.47 Å². The van der Waals surface area contributed by atoms with Crippen LogP contribution < -0.4 is 13.8 Å². The molecule has 162 valence electrons. The summed E-state index contributed by atoms with van der Waals surface area (Å²) in [6.07, 6.45) is 0. The Hall–Kier alpha value is -3.32. The van der Waals surface area contributed by atoms with Crippen molar-refractivity contribution in [1.29, 1.82) is 0 Å². The van der Waals surface area contributed by atoms with Crippen molar-refractivity contribution in [3.8, 4) is 11.5 Å². The lowest BCUT2D eigenvalue weighted by Gasteiger charge is -2.25. The quantitative estimate of drug-likeness (QED) is 0.545. The van der Waals surface area contributed by atoms with Crippen LogP contribution in [-0.4, -0.2) is 28.0 Å². The lowest BCUT2D eigenvalue weighted by Crippen LogP contribution is -2.40. The van der Waals surface area contributed by atoms with E-state index in [1.54, 1.807) is 62.6 Å². The predicted molar refractivity (Wildman–Crippen MR) is 120 cm³/mol. The predicted octanol–water partition coefficient (Wildman–Crippen LogP) is 4.42. The molecule has 0 saturated carbocycles. The van der Waals surface area contributed by atoms with Gasteiger partial charge in [0.25, 0.3) is 15.9 Å². The van der Waals surface area contributed by atoms with Gasteiger partial charge in [-0.25, -0.2) is 8.42 Å². The standard InChI is InChI=1S/C24H25NO5S/c1-17-8-14-22(15-9-17)31(27,28)25(23-7-5-6-18(2)19(23)3)24(26)16-30-21-12-10-20(29-4)11-13-21/h5-15H,16H2,1-4H3. The largest absolute Gasteiger partial charge is 0.497 e. The summed E-state index contributed by atoms with van der Waals surface area (Å²) >= 11 is 0. The van der Waals surface area contributed by atoms with Crippen molar-refractivity contribution in [2.24, 2.45) is 0 Å². The number of aryl methyl sites for hydroxylation is 2. The fourth-order valence-electron chi connectivity index (χ4n) is 3.04. The highest BCUT2D eigenvalue weighted by Crippen LogP contribution is 2.29. The Kier molecular flexibility index (Phi) is 6.65. The maximum absolute atomic E-state index is 13.5.